The molecule has 11 nitrogen and oxygen atoms in total. The summed E-state index contributed by atoms with van der Waals surface area (Å²) in [6.45, 7) is 0. The maximum absolute atomic E-state index is 8.44. The van der Waals surface area contributed by atoms with E-state index >= 15 is 0 Å². The van der Waals surface area contributed by atoms with Gasteiger partial charge in [-0.05, 0) is 0 Å². The number of nitrogens with zero attached hydrogens (tertiary/aromatic N) is 2. The largest absolute Gasteiger partial charge is 4.00 e. The van der Waals surface area contributed by atoms with Crippen molar-refractivity contribution in [1.29, 1.82) is 0 Å². The van der Waals surface area contributed by atoms with Gasteiger partial charge in [-0.2, -0.15) is 0 Å². The van der Waals surface area contributed by atoms with Gasteiger partial charge in [0.15, 0.2) is 0 Å². The second-order valence-electron chi connectivity index (χ2n) is 0.651. The molecule has 0 heterocycles. The van der Waals surface area contributed by atoms with Gasteiger partial charge in [0.25, 0.3) is 0 Å². The molecule has 0 atom stereocenters. The summed E-state index contributed by atoms with van der Waals surface area (Å²) in [7, 11) is 0. The number of rotatable bonds is 0. The Kier molecular flexibility index (Phi) is 30.0. The molecule has 1 radical (unpaired) electrons. The first-order valence-corrected chi connectivity index (χ1v) is 2.60. The van der Waals surface area contributed by atoms with Crippen LogP contribution in [0.25, 0.3) is 0 Å². The molecule has 0 N–H and O–H groups in total. The Balaban J connectivity index is -0.0000000450. The van der Waals surface area contributed by atoms with Gasteiger partial charge in [0.05, 0.1) is 10.2 Å². The Hall–Kier alpha value is -1.01. The van der Waals surface area contributed by atoms with E-state index in [2.05, 4.69) is 0 Å². The van der Waals surface area contributed by atoms with Gasteiger partial charge >= 0.3 is 17.1 Å². The molecule has 0 unspecified atom stereocenters. The minimum absolute atomic E-state index is 0. The van der Waals surface area contributed by atoms with Crippen molar-refractivity contribution in [2.45, 2.75) is 0 Å². The quantitative estimate of drug-likeness (QED) is 0.217. The summed E-state index contributed by atoms with van der Waals surface area (Å²) >= 11 is -3.11. The van der Waals surface area contributed by atoms with Crippen LogP contribution in [0.2, 0.25) is 0 Å². The van der Waals surface area contributed by atoms with E-state index in [4.69, 9.17) is 44.0 Å². The van der Waals surface area contributed by atoms with E-state index < -0.39 is 21.5 Å². The van der Waals surface area contributed by atoms with E-state index in [0.717, 1.165) is 0 Å². The summed E-state index contributed by atoms with van der Waals surface area (Å²) in [6, 6.07) is 0. The van der Waals surface area contributed by atoms with E-state index in [1.165, 1.54) is 0 Å². The van der Waals surface area contributed by atoms with E-state index in [1.807, 2.05) is 0 Å². The van der Waals surface area contributed by atoms with Crippen LogP contribution in [0.1, 0.15) is 0 Å². The standard InChI is InChI=1S/Cu.2NO3.H2O3S/c;2*2-1(3)4;1-4(2)3/h;;;(H2,1,2,3)/q+4;2*-1;/p-2. The molecule has 0 bridgehead atoms. The Morgan fingerprint density at radius 3 is 0.846 bits per heavy atom. The van der Waals surface area contributed by atoms with Crippen LogP contribution < -0.4 is 0 Å². The zero-order valence-corrected chi connectivity index (χ0v) is 7.04. The third kappa shape index (κ3) is 870. The fourth-order valence-corrected chi connectivity index (χ4v) is 0. The van der Waals surface area contributed by atoms with Crippen molar-refractivity contribution in [1.82, 2.24) is 0 Å². The Morgan fingerprint density at radius 1 is 0.846 bits per heavy atom. The SMILES string of the molecule is O=S([O-])[O-].O=[N+]([O-])[O-].O=[N+]([O-])[O-].[Cu+4]. The zero-order valence-electron chi connectivity index (χ0n) is 5.28. The summed E-state index contributed by atoms with van der Waals surface area (Å²) in [5, 5.41) is 29.5. The molecule has 0 aliphatic heterocycles. The molecular weight excluding hydrogens is 268 g/mol. The van der Waals surface area contributed by atoms with Gasteiger partial charge in [-0.1, -0.05) is 0 Å². The molecule has 0 amide bonds. The van der Waals surface area contributed by atoms with Gasteiger partial charge in [-0.15, -0.1) is 11.4 Å². The maximum atomic E-state index is 8.44. The van der Waals surface area contributed by atoms with Crippen LogP contribution in [-0.4, -0.2) is 23.5 Å². The van der Waals surface area contributed by atoms with Crippen molar-refractivity contribution >= 4 is 11.4 Å². The Morgan fingerprint density at radius 2 is 0.846 bits per heavy atom. The average molecular weight is 268 g/mol. The number of hydrogen-bond acceptors (Lipinski definition) is 9. The van der Waals surface area contributed by atoms with Gasteiger partial charge in [0, 0.05) is 0 Å². The van der Waals surface area contributed by atoms with Crippen molar-refractivity contribution in [2.75, 3.05) is 0 Å². The van der Waals surface area contributed by atoms with Crippen LogP contribution in [0.3, 0.4) is 0 Å². The second kappa shape index (κ2) is 17.2. The van der Waals surface area contributed by atoms with Crippen LogP contribution in [0.15, 0.2) is 0 Å². The van der Waals surface area contributed by atoms with Crippen molar-refractivity contribution in [3.05, 3.63) is 30.6 Å². The van der Waals surface area contributed by atoms with Crippen molar-refractivity contribution in [3.8, 4) is 0 Å². The van der Waals surface area contributed by atoms with Gasteiger partial charge in [-0.3, -0.25) is 4.21 Å². The molecule has 13 heavy (non-hydrogen) atoms. The molecule has 0 aromatic heterocycles. The molecule has 0 spiro atoms. The topological polar surface area (TPSA) is 196 Å². The van der Waals surface area contributed by atoms with E-state index in [0.29, 0.717) is 0 Å². The molecule has 0 aromatic rings. The third-order valence-corrected chi connectivity index (χ3v) is 0. The fraction of sp³-hybridized carbons (Fsp3) is 0. The molecular formula is CuN2O9S. The van der Waals surface area contributed by atoms with Gasteiger partial charge in [-0.25, -0.2) is 0 Å². The summed E-state index contributed by atoms with van der Waals surface area (Å²) in [5.41, 5.74) is 0. The summed E-state index contributed by atoms with van der Waals surface area (Å²) in [4.78, 5) is 16.5. The smallest absolute Gasteiger partial charge is 0.784 e. The third-order valence-electron chi connectivity index (χ3n) is 0. The second-order valence-corrected chi connectivity index (χ2v) is 1.06. The first kappa shape index (κ1) is 22.7. The molecule has 13 heteroatoms. The summed E-state index contributed by atoms with van der Waals surface area (Å²) in [5.74, 6) is 0. The zero-order chi connectivity index (χ0) is 10.7. The molecule has 0 saturated carbocycles. The predicted molar refractivity (Wildman–Crippen MR) is 30.4 cm³/mol. The minimum atomic E-state index is -3.11. The molecule has 0 saturated heterocycles. The molecule has 0 aromatic carbocycles. The molecule has 0 aliphatic rings. The summed E-state index contributed by atoms with van der Waals surface area (Å²) < 4.78 is 25.3. The number of hydrogen-bond donors (Lipinski definition) is 0. The fourth-order valence-electron chi connectivity index (χ4n) is 0. The first-order chi connectivity index (χ1) is 5.20. The average Bonchev–Trinajstić information content (AvgIpc) is 1.54. The van der Waals surface area contributed by atoms with Crippen LogP contribution in [-0.2, 0) is 28.4 Å². The predicted octanol–water partition coefficient (Wildman–Crippen LogP) is -1.48. The molecule has 0 fully saturated rings. The molecule has 81 valence electrons. The van der Waals surface area contributed by atoms with Crippen molar-refractivity contribution in [2.24, 2.45) is 0 Å². The molecule has 0 aliphatic carbocycles. The summed E-state index contributed by atoms with van der Waals surface area (Å²) in [6.07, 6.45) is 0. The van der Waals surface area contributed by atoms with Gasteiger partial charge < -0.3 is 39.7 Å². The monoisotopic (exact) mass is 267 g/mol. The van der Waals surface area contributed by atoms with E-state index in [-0.39, 0.29) is 17.1 Å². The Labute approximate surface area is 83.2 Å². The van der Waals surface area contributed by atoms with Crippen molar-refractivity contribution < 1.29 is 40.6 Å². The van der Waals surface area contributed by atoms with Crippen molar-refractivity contribution in [3.63, 3.8) is 0 Å². The molecule has 0 rings (SSSR count). The van der Waals surface area contributed by atoms with Crippen LogP contribution >= 0.6 is 0 Å². The van der Waals surface area contributed by atoms with Gasteiger partial charge in [0.2, 0.25) is 0 Å². The Bertz CT molecular complexity index is 115. The van der Waals surface area contributed by atoms with Crippen LogP contribution in [0.5, 0.6) is 0 Å². The van der Waals surface area contributed by atoms with Gasteiger partial charge in [0.1, 0.15) is 0 Å². The maximum Gasteiger partial charge on any atom is 4.00 e. The first-order valence-electron chi connectivity index (χ1n) is 1.60. The van der Waals surface area contributed by atoms with E-state index in [9.17, 15) is 0 Å². The van der Waals surface area contributed by atoms with Crippen LogP contribution in [0.4, 0.5) is 0 Å². The van der Waals surface area contributed by atoms with Crippen LogP contribution in [0, 0.1) is 30.6 Å². The normalized spacial score (nSPS) is 6.38. The van der Waals surface area contributed by atoms with E-state index in [1.54, 1.807) is 0 Å². The minimum Gasteiger partial charge on any atom is -0.784 e.